The van der Waals surface area contributed by atoms with Crippen molar-refractivity contribution in [3.63, 3.8) is 0 Å². The van der Waals surface area contributed by atoms with Crippen LogP contribution in [-0.4, -0.2) is 16.9 Å². The van der Waals surface area contributed by atoms with Crippen LogP contribution in [0.5, 0.6) is 0 Å². The molecule has 1 amide bonds. The van der Waals surface area contributed by atoms with Crippen molar-refractivity contribution in [2.75, 3.05) is 0 Å². The summed E-state index contributed by atoms with van der Waals surface area (Å²) in [7, 11) is 0. The molecule has 1 atom stereocenters. The van der Waals surface area contributed by atoms with Gasteiger partial charge >= 0.3 is 0 Å². The Hall–Kier alpha value is -0.940. The van der Waals surface area contributed by atoms with E-state index in [9.17, 15) is 4.79 Å². The summed E-state index contributed by atoms with van der Waals surface area (Å²) in [6, 6.07) is 0.322. The highest BCUT2D eigenvalue weighted by molar-refractivity contribution is 7.09. The largest absolute Gasteiger partial charge is 0.353 e. The number of thiazole rings is 1. The molecule has 2 rings (SSSR count). The van der Waals surface area contributed by atoms with Crippen LogP contribution >= 0.6 is 11.3 Å². The molecule has 0 aliphatic heterocycles. The van der Waals surface area contributed by atoms with Crippen LogP contribution in [-0.2, 0) is 11.2 Å². The fourth-order valence-corrected chi connectivity index (χ4v) is 3.08. The van der Waals surface area contributed by atoms with Crippen LogP contribution in [0.3, 0.4) is 0 Å². The van der Waals surface area contributed by atoms with Gasteiger partial charge in [-0.2, -0.15) is 0 Å². The van der Waals surface area contributed by atoms with Crippen LogP contribution in [0.2, 0.25) is 0 Å². The molecule has 1 unspecified atom stereocenters. The van der Waals surface area contributed by atoms with Crippen LogP contribution < -0.4 is 11.1 Å². The predicted molar refractivity (Wildman–Crippen MR) is 73.4 cm³/mol. The molecular weight excluding hydrogens is 246 g/mol. The number of nitrogens with two attached hydrogens (primary N) is 1. The number of hydrogen-bond donors (Lipinski definition) is 2. The van der Waals surface area contributed by atoms with Gasteiger partial charge in [-0.1, -0.05) is 19.3 Å². The van der Waals surface area contributed by atoms with E-state index in [1.807, 2.05) is 12.3 Å². The van der Waals surface area contributed by atoms with Crippen LogP contribution in [0, 0.1) is 0 Å². The minimum Gasteiger partial charge on any atom is -0.353 e. The number of hydrogen-bond acceptors (Lipinski definition) is 4. The monoisotopic (exact) mass is 267 g/mol. The molecule has 0 aromatic carbocycles. The van der Waals surface area contributed by atoms with E-state index in [0.717, 1.165) is 23.5 Å². The molecule has 1 aliphatic carbocycles. The first-order valence-electron chi connectivity index (χ1n) is 6.64. The van der Waals surface area contributed by atoms with Crippen LogP contribution in [0.25, 0.3) is 0 Å². The van der Waals surface area contributed by atoms with Gasteiger partial charge < -0.3 is 11.1 Å². The highest BCUT2D eigenvalue weighted by Gasteiger charge is 2.16. The van der Waals surface area contributed by atoms with Crippen molar-refractivity contribution >= 4 is 17.2 Å². The van der Waals surface area contributed by atoms with Gasteiger partial charge in [-0.25, -0.2) is 4.98 Å². The zero-order chi connectivity index (χ0) is 13.0. The fourth-order valence-electron chi connectivity index (χ4n) is 2.30. The maximum Gasteiger partial charge on any atom is 0.226 e. The quantitative estimate of drug-likeness (QED) is 0.878. The molecule has 0 bridgehead atoms. The van der Waals surface area contributed by atoms with Crippen LogP contribution in [0.1, 0.15) is 55.8 Å². The zero-order valence-corrected chi connectivity index (χ0v) is 11.6. The Morgan fingerprint density at radius 1 is 1.56 bits per heavy atom. The zero-order valence-electron chi connectivity index (χ0n) is 10.8. The third kappa shape index (κ3) is 3.78. The lowest BCUT2D eigenvalue weighted by atomic mass is 9.95. The molecule has 1 saturated carbocycles. The smallest absolute Gasteiger partial charge is 0.226 e. The lowest BCUT2D eigenvalue weighted by molar-refractivity contribution is -0.121. The molecule has 4 nitrogen and oxygen atoms in total. The van der Waals surface area contributed by atoms with Crippen molar-refractivity contribution in [1.29, 1.82) is 0 Å². The Morgan fingerprint density at radius 2 is 2.28 bits per heavy atom. The molecule has 0 saturated heterocycles. The van der Waals surface area contributed by atoms with Gasteiger partial charge in [0.05, 0.1) is 18.2 Å². The van der Waals surface area contributed by atoms with E-state index in [0.29, 0.717) is 12.5 Å². The molecule has 1 heterocycles. The Kier molecular flexibility index (Phi) is 4.72. The first kappa shape index (κ1) is 13.5. The van der Waals surface area contributed by atoms with Gasteiger partial charge in [-0.15, -0.1) is 11.3 Å². The standard InChI is InChI=1S/C13H21N3OS/c1-9(14)13-16-11(8-18-13)7-12(17)15-10-5-3-2-4-6-10/h8-10H,2-7,14H2,1H3,(H,15,17). The van der Waals surface area contributed by atoms with Crippen molar-refractivity contribution in [3.8, 4) is 0 Å². The van der Waals surface area contributed by atoms with Crippen molar-refractivity contribution in [2.45, 2.75) is 57.5 Å². The van der Waals surface area contributed by atoms with Gasteiger partial charge in [-0.05, 0) is 19.8 Å². The molecule has 1 aromatic rings. The van der Waals surface area contributed by atoms with E-state index in [1.54, 1.807) is 0 Å². The minimum atomic E-state index is -0.0508. The number of aromatic nitrogens is 1. The third-order valence-electron chi connectivity index (χ3n) is 3.27. The maximum atomic E-state index is 11.9. The van der Waals surface area contributed by atoms with Crippen LogP contribution in [0.15, 0.2) is 5.38 Å². The van der Waals surface area contributed by atoms with E-state index < -0.39 is 0 Å². The Balaban J connectivity index is 1.82. The van der Waals surface area contributed by atoms with Gasteiger partial charge in [0.25, 0.3) is 0 Å². The lowest BCUT2D eigenvalue weighted by Crippen LogP contribution is -2.37. The number of nitrogens with one attached hydrogen (secondary N) is 1. The number of carbonyl (C=O) groups is 1. The second kappa shape index (κ2) is 6.29. The third-order valence-corrected chi connectivity index (χ3v) is 4.37. The number of amides is 1. The van der Waals surface area contributed by atoms with E-state index in [-0.39, 0.29) is 11.9 Å². The van der Waals surface area contributed by atoms with E-state index in [2.05, 4.69) is 10.3 Å². The average Bonchev–Trinajstić information content (AvgIpc) is 2.78. The summed E-state index contributed by atoms with van der Waals surface area (Å²) in [5.41, 5.74) is 6.59. The molecule has 0 radical (unpaired) electrons. The van der Waals surface area contributed by atoms with Gasteiger partial charge in [0.2, 0.25) is 5.91 Å². The highest BCUT2D eigenvalue weighted by Crippen LogP contribution is 2.18. The Morgan fingerprint density at radius 3 is 2.89 bits per heavy atom. The van der Waals surface area contributed by atoms with E-state index >= 15 is 0 Å². The Labute approximate surface area is 112 Å². The molecule has 18 heavy (non-hydrogen) atoms. The van der Waals surface area contributed by atoms with Crippen molar-refractivity contribution < 1.29 is 4.79 Å². The predicted octanol–water partition coefficient (Wildman–Crippen LogP) is 2.15. The lowest BCUT2D eigenvalue weighted by Gasteiger charge is -2.22. The van der Waals surface area contributed by atoms with E-state index in [1.165, 1.54) is 30.6 Å². The van der Waals surface area contributed by atoms with Gasteiger partial charge in [-0.3, -0.25) is 4.79 Å². The normalized spacial score (nSPS) is 18.6. The summed E-state index contributed by atoms with van der Waals surface area (Å²) in [6.45, 7) is 1.91. The van der Waals surface area contributed by atoms with Crippen molar-refractivity contribution in [3.05, 3.63) is 16.1 Å². The second-order valence-corrected chi connectivity index (χ2v) is 5.93. The molecule has 1 aliphatic rings. The summed E-state index contributed by atoms with van der Waals surface area (Å²) in [4.78, 5) is 16.3. The van der Waals surface area contributed by atoms with E-state index in [4.69, 9.17) is 5.73 Å². The average molecular weight is 267 g/mol. The molecule has 0 spiro atoms. The molecule has 5 heteroatoms. The molecule has 1 aromatic heterocycles. The van der Waals surface area contributed by atoms with Gasteiger partial charge in [0, 0.05) is 11.4 Å². The number of carbonyl (C=O) groups excluding carboxylic acids is 1. The molecular formula is C13H21N3OS. The van der Waals surface area contributed by atoms with Crippen LogP contribution in [0.4, 0.5) is 0 Å². The Bertz CT molecular complexity index is 397. The fraction of sp³-hybridized carbons (Fsp3) is 0.692. The summed E-state index contributed by atoms with van der Waals surface area (Å²) in [5.74, 6) is 0.0865. The van der Waals surface area contributed by atoms with Gasteiger partial charge in [0.1, 0.15) is 5.01 Å². The molecule has 1 fully saturated rings. The summed E-state index contributed by atoms with van der Waals surface area (Å²) < 4.78 is 0. The second-order valence-electron chi connectivity index (χ2n) is 5.04. The minimum absolute atomic E-state index is 0.0508. The molecule has 100 valence electrons. The van der Waals surface area contributed by atoms with Gasteiger partial charge in [0.15, 0.2) is 0 Å². The summed E-state index contributed by atoms with van der Waals surface area (Å²) in [6.07, 6.45) is 6.38. The van der Waals surface area contributed by atoms with Crippen molar-refractivity contribution in [1.82, 2.24) is 10.3 Å². The van der Waals surface area contributed by atoms with Crippen molar-refractivity contribution in [2.24, 2.45) is 5.73 Å². The number of rotatable bonds is 4. The summed E-state index contributed by atoms with van der Waals surface area (Å²) >= 11 is 1.53. The first-order chi connectivity index (χ1) is 8.65. The maximum absolute atomic E-state index is 11.9. The highest BCUT2D eigenvalue weighted by atomic mass is 32.1. The molecule has 3 N–H and O–H groups in total. The number of nitrogens with zero attached hydrogens (tertiary/aromatic N) is 1. The SMILES string of the molecule is CC(N)c1nc(CC(=O)NC2CCCCC2)cs1. The first-order valence-corrected chi connectivity index (χ1v) is 7.52. The topological polar surface area (TPSA) is 68.0 Å². The summed E-state index contributed by atoms with van der Waals surface area (Å²) in [5, 5.41) is 5.93.